The molecule has 0 spiro atoms. The summed E-state index contributed by atoms with van der Waals surface area (Å²) < 4.78 is 23.9. The van der Waals surface area contributed by atoms with E-state index in [9.17, 15) is 5.26 Å². The van der Waals surface area contributed by atoms with E-state index in [1.807, 2.05) is 6.07 Å². The molecule has 2 aromatic heterocycles. The molecule has 7 aromatic rings. The van der Waals surface area contributed by atoms with E-state index in [1.165, 1.54) is 11.4 Å². The Hall–Kier alpha value is -4.77. The first kappa shape index (κ1) is 23.9. The van der Waals surface area contributed by atoms with Crippen LogP contribution in [-0.4, -0.2) is 52.6 Å². The third-order valence-corrected chi connectivity index (χ3v) is 8.94. The van der Waals surface area contributed by atoms with Gasteiger partial charge < -0.3 is 28.1 Å². The number of nitrogens with zero attached hydrogens (tertiary/aromatic N) is 3. The summed E-state index contributed by atoms with van der Waals surface area (Å²) in [7, 11) is 0. The third-order valence-electron chi connectivity index (χ3n) is 8.94. The highest BCUT2D eigenvalue weighted by atomic mass is 16.5. The summed E-state index contributed by atoms with van der Waals surface area (Å²) in [5.74, 6) is 0. The van der Waals surface area contributed by atoms with Crippen molar-refractivity contribution in [3.63, 3.8) is 0 Å². The normalized spacial score (nSPS) is 16.5. The van der Waals surface area contributed by atoms with E-state index < -0.39 is 0 Å². The Kier molecular flexibility index (Phi) is 5.19. The second kappa shape index (κ2) is 9.12. The maximum atomic E-state index is 10.4. The molecule has 7 nitrogen and oxygen atoms in total. The Labute approximate surface area is 241 Å². The molecule has 0 radical (unpaired) electrons. The Morgan fingerprint density at radius 2 is 1.12 bits per heavy atom. The van der Waals surface area contributed by atoms with Gasteiger partial charge in [-0.15, -0.1) is 0 Å². The van der Waals surface area contributed by atoms with Crippen LogP contribution in [0.4, 0.5) is 11.4 Å². The van der Waals surface area contributed by atoms with Crippen molar-refractivity contribution < 1.29 is 18.3 Å². The van der Waals surface area contributed by atoms with Gasteiger partial charge in [0.25, 0.3) is 0 Å². The van der Waals surface area contributed by atoms with Crippen LogP contribution < -0.4 is 9.80 Å². The quantitative estimate of drug-likeness (QED) is 0.222. The molecule has 5 aromatic carbocycles. The van der Waals surface area contributed by atoms with Crippen molar-refractivity contribution in [3.8, 4) is 6.07 Å². The van der Waals surface area contributed by atoms with Gasteiger partial charge in [0.05, 0.1) is 26.4 Å². The molecule has 0 aliphatic carbocycles. The highest BCUT2D eigenvalue weighted by molar-refractivity contribution is 6.21. The zero-order chi connectivity index (χ0) is 27.8. The monoisotopic (exact) mass is 553 g/mol. The highest BCUT2D eigenvalue weighted by Gasteiger charge is 2.21. The van der Waals surface area contributed by atoms with Gasteiger partial charge in [0.1, 0.15) is 28.4 Å². The van der Waals surface area contributed by atoms with Gasteiger partial charge in [-0.1, -0.05) is 12.1 Å². The van der Waals surface area contributed by atoms with Gasteiger partial charge in [0.15, 0.2) is 5.58 Å². The molecule has 42 heavy (non-hydrogen) atoms. The van der Waals surface area contributed by atoms with Crippen LogP contribution in [0.15, 0.2) is 75.6 Å². The topological polar surface area (TPSA) is 75.0 Å². The van der Waals surface area contributed by atoms with Gasteiger partial charge in [-0.05, 0) is 76.1 Å². The van der Waals surface area contributed by atoms with Crippen LogP contribution in [0.3, 0.4) is 0 Å². The molecule has 4 heterocycles. The van der Waals surface area contributed by atoms with E-state index in [-0.39, 0.29) is 0 Å². The number of furan rings is 2. The molecule has 2 fully saturated rings. The molecule has 2 aliphatic rings. The minimum Gasteiger partial charge on any atom is -0.456 e. The van der Waals surface area contributed by atoms with Gasteiger partial charge in [-0.3, -0.25) is 0 Å². The van der Waals surface area contributed by atoms with Crippen LogP contribution in [-0.2, 0) is 9.47 Å². The molecule has 0 bridgehead atoms. The molecule has 2 aliphatic heterocycles. The van der Waals surface area contributed by atoms with Crippen LogP contribution in [0.1, 0.15) is 5.56 Å². The lowest BCUT2D eigenvalue weighted by Crippen LogP contribution is -2.36. The minimum absolute atomic E-state index is 0.514. The molecule has 0 saturated carbocycles. The first-order valence-electron chi connectivity index (χ1n) is 14.5. The van der Waals surface area contributed by atoms with E-state index >= 15 is 0 Å². The van der Waals surface area contributed by atoms with Crippen LogP contribution in [0.5, 0.6) is 0 Å². The number of hydrogen-bond acceptors (Lipinski definition) is 7. The molecule has 0 N–H and O–H groups in total. The minimum atomic E-state index is 0.514. The van der Waals surface area contributed by atoms with Crippen LogP contribution in [0.25, 0.3) is 65.4 Å². The molecule has 7 heteroatoms. The average Bonchev–Trinajstić information content (AvgIpc) is 3.58. The molecule has 9 rings (SSSR count). The maximum absolute atomic E-state index is 10.4. The number of morpholine rings is 2. The Balaban J connectivity index is 1.21. The second-order valence-electron chi connectivity index (χ2n) is 11.3. The van der Waals surface area contributed by atoms with Gasteiger partial charge in [0.2, 0.25) is 0 Å². The fraction of sp³-hybridized carbons (Fsp3) is 0.229. The number of nitriles is 1. The van der Waals surface area contributed by atoms with Gasteiger partial charge >= 0.3 is 0 Å². The Morgan fingerprint density at radius 1 is 0.548 bits per heavy atom. The molecule has 206 valence electrons. The standard InChI is InChI=1S/C35H27N3O4/c36-20-30-34-29-16-22-2-4-26(38-7-11-40-12-8-38)14-24(22)18-32(29)41-33(34)19-28-27-15-21-1-3-25(37-5-9-39-10-6-37)13-23(21)17-31(27)42-35(28)30/h1-4,13-19H,5-12H2. The number of hydrogen-bond donors (Lipinski definition) is 0. The van der Waals surface area contributed by atoms with Gasteiger partial charge in [-0.25, -0.2) is 0 Å². The van der Waals surface area contributed by atoms with Crippen molar-refractivity contribution in [1.82, 2.24) is 0 Å². The van der Waals surface area contributed by atoms with Crippen molar-refractivity contribution in [2.24, 2.45) is 0 Å². The molecular weight excluding hydrogens is 526 g/mol. The molecule has 0 atom stereocenters. The summed E-state index contributed by atoms with van der Waals surface area (Å²) in [5.41, 5.74) is 5.73. The van der Waals surface area contributed by atoms with E-state index in [1.54, 1.807) is 0 Å². The SMILES string of the molecule is N#Cc1c2oc3cc4cc(N5CCOCC5)ccc4cc3c2cc2oc3cc4cc(N5CCOCC5)ccc4cc3c12. The smallest absolute Gasteiger partial charge is 0.154 e. The predicted octanol–water partition coefficient (Wildman–Crippen LogP) is 7.34. The summed E-state index contributed by atoms with van der Waals surface area (Å²) in [6, 6.07) is 26.1. The van der Waals surface area contributed by atoms with Crippen LogP contribution >= 0.6 is 0 Å². The summed E-state index contributed by atoms with van der Waals surface area (Å²) in [5, 5.41) is 18.5. The Bertz CT molecular complexity index is 2210. The summed E-state index contributed by atoms with van der Waals surface area (Å²) in [6.45, 7) is 6.56. The zero-order valence-electron chi connectivity index (χ0n) is 23.0. The summed E-state index contributed by atoms with van der Waals surface area (Å²) >= 11 is 0. The first-order chi connectivity index (χ1) is 20.7. The van der Waals surface area contributed by atoms with E-state index in [2.05, 4.69) is 76.5 Å². The Morgan fingerprint density at radius 3 is 1.71 bits per heavy atom. The fourth-order valence-corrected chi connectivity index (χ4v) is 6.77. The van der Waals surface area contributed by atoms with Crippen molar-refractivity contribution in [2.45, 2.75) is 0 Å². The number of fused-ring (bicyclic) bond motifs is 8. The lowest BCUT2D eigenvalue weighted by molar-refractivity contribution is 0.122. The largest absolute Gasteiger partial charge is 0.456 e. The van der Waals surface area contributed by atoms with Crippen molar-refractivity contribution >= 4 is 76.8 Å². The summed E-state index contributed by atoms with van der Waals surface area (Å²) in [6.07, 6.45) is 0. The van der Waals surface area contributed by atoms with Crippen molar-refractivity contribution in [2.75, 3.05) is 62.4 Å². The number of benzene rings is 5. The van der Waals surface area contributed by atoms with Crippen molar-refractivity contribution in [1.29, 1.82) is 5.26 Å². The van der Waals surface area contributed by atoms with E-state index in [0.717, 1.165) is 107 Å². The third kappa shape index (κ3) is 3.59. The molecule has 0 amide bonds. The summed E-state index contributed by atoms with van der Waals surface area (Å²) in [4.78, 5) is 4.71. The predicted molar refractivity (Wildman–Crippen MR) is 167 cm³/mol. The van der Waals surface area contributed by atoms with Crippen LogP contribution in [0, 0.1) is 11.3 Å². The van der Waals surface area contributed by atoms with E-state index in [4.69, 9.17) is 18.3 Å². The first-order valence-corrected chi connectivity index (χ1v) is 14.5. The zero-order valence-corrected chi connectivity index (χ0v) is 23.0. The molecule has 2 saturated heterocycles. The number of anilines is 2. The average molecular weight is 554 g/mol. The lowest BCUT2D eigenvalue weighted by Gasteiger charge is -2.29. The fourth-order valence-electron chi connectivity index (χ4n) is 6.77. The lowest BCUT2D eigenvalue weighted by atomic mass is 10.00. The maximum Gasteiger partial charge on any atom is 0.154 e. The number of ether oxygens (including phenoxy) is 2. The van der Waals surface area contributed by atoms with Crippen LogP contribution in [0.2, 0.25) is 0 Å². The van der Waals surface area contributed by atoms with Gasteiger partial charge in [-0.2, -0.15) is 5.26 Å². The molecule has 0 unspecified atom stereocenters. The number of rotatable bonds is 2. The van der Waals surface area contributed by atoms with E-state index in [0.29, 0.717) is 16.7 Å². The second-order valence-corrected chi connectivity index (χ2v) is 11.3. The van der Waals surface area contributed by atoms with Crippen molar-refractivity contribution in [3.05, 3.63) is 72.3 Å². The highest BCUT2D eigenvalue weighted by Crippen LogP contribution is 2.42. The van der Waals surface area contributed by atoms with Gasteiger partial charge in [0, 0.05) is 59.1 Å². The molecular formula is C35H27N3O4.